The second-order valence-electron chi connectivity index (χ2n) is 1.62. The van der Waals surface area contributed by atoms with Crippen LogP contribution in [0.2, 0.25) is 0 Å². The summed E-state index contributed by atoms with van der Waals surface area (Å²) in [4.78, 5) is 9.75. The lowest BCUT2D eigenvalue weighted by atomic mass is 10.4. The predicted octanol–water partition coefficient (Wildman–Crippen LogP) is 0.830. The first-order chi connectivity index (χ1) is 3.63. The van der Waals surface area contributed by atoms with Gasteiger partial charge in [-0.1, -0.05) is 12.2 Å². The summed E-state index contributed by atoms with van der Waals surface area (Å²) in [5.74, 6) is 0. The zero-order valence-electron chi connectivity index (χ0n) is 4.77. The Kier molecular flexibility index (Phi) is 2.69. The van der Waals surface area contributed by atoms with Crippen molar-refractivity contribution in [3.05, 3.63) is 12.2 Å². The third-order valence-corrected chi connectivity index (χ3v) is 0.541. The molecule has 0 fully saturated rings. The van der Waals surface area contributed by atoms with E-state index in [1.54, 1.807) is 6.92 Å². The van der Waals surface area contributed by atoms with Crippen molar-refractivity contribution >= 4 is 6.09 Å². The average molecular weight is 115 g/mol. The van der Waals surface area contributed by atoms with Crippen LogP contribution in [0.1, 0.15) is 6.92 Å². The van der Waals surface area contributed by atoms with E-state index in [9.17, 15) is 4.79 Å². The van der Waals surface area contributed by atoms with Crippen LogP contribution in [0.3, 0.4) is 0 Å². The van der Waals surface area contributed by atoms with E-state index in [1.165, 1.54) is 0 Å². The van der Waals surface area contributed by atoms with Crippen molar-refractivity contribution < 1.29 is 9.90 Å². The molecule has 0 atom stereocenters. The number of hydrogen-bond acceptors (Lipinski definition) is 1. The molecule has 0 aliphatic rings. The molecule has 0 aromatic rings. The van der Waals surface area contributed by atoms with Gasteiger partial charge in [0.25, 0.3) is 0 Å². The molecule has 0 aromatic carbocycles. The maximum atomic E-state index is 9.75. The molecular weight excluding hydrogens is 106 g/mol. The number of amides is 1. The fraction of sp³-hybridized carbons (Fsp3) is 0.400. The number of carbonyl (C=O) groups is 1. The molecule has 8 heavy (non-hydrogen) atoms. The van der Waals surface area contributed by atoms with E-state index in [2.05, 4.69) is 11.9 Å². The van der Waals surface area contributed by atoms with E-state index >= 15 is 0 Å². The van der Waals surface area contributed by atoms with Crippen LogP contribution in [0.5, 0.6) is 0 Å². The van der Waals surface area contributed by atoms with Crippen molar-refractivity contribution in [2.24, 2.45) is 0 Å². The van der Waals surface area contributed by atoms with Crippen molar-refractivity contribution in [2.75, 3.05) is 6.54 Å². The van der Waals surface area contributed by atoms with Gasteiger partial charge in [-0.3, -0.25) is 0 Å². The highest BCUT2D eigenvalue weighted by Crippen LogP contribution is 1.79. The first-order valence-electron chi connectivity index (χ1n) is 2.24. The molecule has 0 bridgehead atoms. The topological polar surface area (TPSA) is 49.3 Å². The molecule has 0 radical (unpaired) electrons. The highest BCUT2D eigenvalue weighted by Gasteiger charge is 1.89. The van der Waals surface area contributed by atoms with Gasteiger partial charge in [-0.05, 0) is 6.92 Å². The lowest BCUT2D eigenvalue weighted by molar-refractivity contribution is 0.195. The summed E-state index contributed by atoms with van der Waals surface area (Å²) in [7, 11) is 0. The second kappa shape index (κ2) is 3.07. The van der Waals surface area contributed by atoms with Gasteiger partial charge in [0.1, 0.15) is 0 Å². The summed E-state index contributed by atoms with van der Waals surface area (Å²) in [5.41, 5.74) is 0.812. The molecule has 0 heterocycles. The largest absolute Gasteiger partial charge is 0.465 e. The Morgan fingerprint density at radius 2 is 2.38 bits per heavy atom. The summed E-state index contributed by atoms with van der Waals surface area (Å²) >= 11 is 0. The third-order valence-electron chi connectivity index (χ3n) is 0.541. The van der Waals surface area contributed by atoms with Gasteiger partial charge >= 0.3 is 6.09 Å². The van der Waals surface area contributed by atoms with E-state index in [-0.39, 0.29) is 0 Å². The number of nitrogens with one attached hydrogen (secondary N) is 1. The Bertz CT molecular complexity index is 95.0. The predicted molar refractivity (Wildman–Crippen MR) is 30.8 cm³/mol. The molecule has 0 spiro atoms. The summed E-state index contributed by atoms with van der Waals surface area (Å²) < 4.78 is 0. The van der Waals surface area contributed by atoms with Crippen LogP contribution in [0.25, 0.3) is 0 Å². The monoisotopic (exact) mass is 115 g/mol. The average Bonchev–Trinajstić information content (AvgIpc) is 1.61. The van der Waals surface area contributed by atoms with Crippen LogP contribution in [-0.4, -0.2) is 17.7 Å². The molecular formula is C5H9NO2. The molecule has 0 unspecified atom stereocenters. The smallest absolute Gasteiger partial charge is 0.404 e. The Balaban J connectivity index is 3.18. The van der Waals surface area contributed by atoms with Gasteiger partial charge in [0.2, 0.25) is 0 Å². The van der Waals surface area contributed by atoms with Crippen LogP contribution in [0, 0.1) is 0 Å². The van der Waals surface area contributed by atoms with Gasteiger partial charge < -0.3 is 10.4 Å². The fourth-order valence-corrected chi connectivity index (χ4v) is 0.227. The Labute approximate surface area is 48.0 Å². The zero-order valence-corrected chi connectivity index (χ0v) is 4.77. The third kappa shape index (κ3) is 5.01. The number of rotatable bonds is 2. The molecule has 0 rings (SSSR count). The van der Waals surface area contributed by atoms with Gasteiger partial charge in [0, 0.05) is 6.54 Å². The summed E-state index contributed by atoms with van der Waals surface area (Å²) in [6, 6.07) is 0. The molecule has 0 aliphatic heterocycles. The second-order valence-corrected chi connectivity index (χ2v) is 1.62. The normalized spacial score (nSPS) is 8.12. The van der Waals surface area contributed by atoms with E-state index < -0.39 is 6.09 Å². The van der Waals surface area contributed by atoms with Gasteiger partial charge in [0.05, 0.1) is 0 Å². The van der Waals surface area contributed by atoms with Crippen LogP contribution in [0.15, 0.2) is 12.2 Å². The minimum atomic E-state index is -1.01. The zero-order chi connectivity index (χ0) is 6.57. The molecule has 1 amide bonds. The summed E-state index contributed by atoms with van der Waals surface area (Å²) in [5, 5.41) is 10.2. The van der Waals surface area contributed by atoms with E-state index in [0.29, 0.717) is 6.54 Å². The summed E-state index contributed by atoms with van der Waals surface area (Å²) in [6.45, 7) is 5.60. The van der Waals surface area contributed by atoms with E-state index in [1.807, 2.05) is 0 Å². The molecule has 2 N–H and O–H groups in total. The van der Waals surface area contributed by atoms with Crippen LogP contribution >= 0.6 is 0 Å². The quantitative estimate of drug-likeness (QED) is 0.523. The van der Waals surface area contributed by atoms with Crippen molar-refractivity contribution in [3.63, 3.8) is 0 Å². The molecule has 46 valence electrons. The molecule has 0 saturated heterocycles. The highest BCUT2D eigenvalue weighted by atomic mass is 16.4. The van der Waals surface area contributed by atoms with Gasteiger partial charge in [-0.15, -0.1) is 0 Å². The molecule has 3 heteroatoms. The maximum absolute atomic E-state index is 9.75. The Hall–Kier alpha value is -0.990. The van der Waals surface area contributed by atoms with Gasteiger partial charge in [-0.2, -0.15) is 0 Å². The highest BCUT2D eigenvalue weighted by molar-refractivity contribution is 5.64. The summed E-state index contributed by atoms with van der Waals surface area (Å²) in [6.07, 6.45) is -1.01. The number of carboxylic acid groups (broad SMARTS) is 1. The number of hydrogen-bond donors (Lipinski definition) is 2. The standard InChI is InChI=1S/C5H9NO2/c1-4(2)3-6-5(7)8/h6H,1,3H2,2H3,(H,7,8). The molecule has 0 saturated carbocycles. The van der Waals surface area contributed by atoms with Crippen molar-refractivity contribution in [1.82, 2.24) is 5.32 Å². The van der Waals surface area contributed by atoms with Crippen LogP contribution in [-0.2, 0) is 0 Å². The van der Waals surface area contributed by atoms with Crippen LogP contribution in [0.4, 0.5) is 4.79 Å². The van der Waals surface area contributed by atoms with Crippen molar-refractivity contribution in [1.29, 1.82) is 0 Å². The minimum Gasteiger partial charge on any atom is -0.465 e. The maximum Gasteiger partial charge on any atom is 0.404 e. The molecule has 0 aromatic heterocycles. The molecule has 0 aliphatic carbocycles. The van der Waals surface area contributed by atoms with E-state index in [4.69, 9.17) is 5.11 Å². The van der Waals surface area contributed by atoms with E-state index in [0.717, 1.165) is 5.57 Å². The first kappa shape index (κ1) is 7.01. The fourth-order valence-electron chi connectivity index (χ4n) is 0.227. The first-order valence-corrected chi connectivity index (χ1v) is 2.24. The lowest BCUT2D eigenvalue weighted by Crippen LogP contribution is -2.22. The Morgan fingerprint density at radius 1 is 1.88 bits per heavy atom. The van der Waals surface area contributed by atoms with Gasteiger partial charge in [-0.25, -0.2) is 4.79 Å². The van der Waals surface area contributed by atoms with Crippen molar-refractivity contribution in [2.45, 2.75) is 6.92 Å². The lowest BCUT2D eigenvalue weighted by Gasteiger charge is -1.95. The molecule has 3 nitrogen and oxygen atoms in total. The minimum absolute atomic E-state index is 0.343. The van der Waals surface area contributed by atoms with Gasteiger partial charge in [0.15, 0.2) is 0 Å². The Morgan fingerprint density at radius 3 is 2.50 bits per heavy atom. The van der Waals surface area contributed by atoms with Crippen molar-refractivity contribution in [3.8, 4) is 0 Å². The van der Waals surface area contributed by atoms with Crippen LogP contribution < -0.4 is 5.32 Å². The SMILES string of the molecule is C=C(C)CNC(=O)O.